The number of amides is 3. The highest BCUT2D eigenvalue weighted by Gasteiger charge is 2.33. The third-order valence-electron chi connectivity index (χ3n) is 7.14. The molecular formula is C28H39N7O5. The Morgan fingerprint density at radius 2 is 1.65 bits per heavy atom. The number of imidazole rings is 1. The second kappa shape index (κ2) is 13.7. The van der Waals surface area contributed by atoms with Crippen molar-refractivity contribution < 1.29 is 24.3 Å². The molecule has 0 bridgehead atoms. The first kappa shape index (κ1) is 30.4. The van der Waals surface area contributed by atoms with Crippen LogP contribution in [-0.4, -0.2) is 67.9 Å². The van der Waals surface area contributed by atoms with Crippen LogP contribution in [0.15, 0.2) is 43.0 Å². The number of para-hydroxylation sites is 1. The van der Waals surface area contributed by atoms with Crippen molar-refractivity contribution in [2.75, 3.05) is 0 Å². The molecule has 5 unspecified atom stereocenters. The molecule has 216 valence electrons. The number of aliphatic carboxylic acids is 1. The Hall–Kier alpha value is -4.19. The van der Waals surface area contributed by atoms with Crippen molar-refractivity contribution in [2.45, 2.75) is 71.1 Å². The topological polar surface area (TPSA) is 195 Å². The first-order valence-electron chi connectivity index (χ1n) is 13.4. The maximum Gasteiger partial charge on any atom is 0.326 e. The second-order valence-electron chi connectivity index (χ2n) is 10.4. The molecule has 0 aliphatic heterocycles. The summed E-state index contributed by atoms with van der Waals surface area (Å²) in [5.74, 6) is -3.31. The fourth-order valence-corrected chi connectivity index (χ4v) is 4.33. The van der Waals surface area contributed by atoms with Gasteiger partial charge in [0.15, 0.2) is 0 Å². The quantitative estimate of drug-likeness (QED) is 0.156. The van der Waals surface area contributed by atoms with Gasteiger partial charge in [-0.05, 0) is 23.5 Å². The van der Waals surface area contributed by atoms with Gasteiger partial charge in [-0.15, -0.1) is 0 Å². The number of carbonyl (C=O) groups excluding carboxylic acids is 3. The number of nitrogens with one attached hydrogen (secondary N) is 5. The number of H-pyrrole nitrogens is 2. The summed E-state index contributed by atoms with van der Waals surface area (Å²) in [5, 5.41) is 18.7. The van der Waals surface area contributed by atoms with Crippen molar-refractivity contribution in [3.8, 4) is 0 Å². The molecule has 0 saturated heterocycles. The molecule has 2 heterocycles. The number of carbonyl (C=O) groups is 4. The number of aromatic amines is 2. The summed E-state index contributed by atoms with van der Waals surface area (Å²) in [4.78, 5) is 61.7. The zero-order valence-corrected chi connectivity index (χ0v) is 23.2. The Balaban J connectivity index is 1.87. The van der Waals surface area contributed by atoms with E-state index in [2.05, 4.69) is 30.9 Å². The van der Waals surface area contributed by atoms with Gasteiger partial charge < -0.3 is 36.8 Å². The largest absolute Gasteiger partial charge is 0.480 e. The number of hydrogen-bond donors (Lipinski definition) is 7. The van der Waals surface area contributed by atoms with Crippen LogP contribution in [0.2, 0.25) is 0 Å². The van der Waals surface area contributed by atoms with Gasteiger partial charge in [-0.2, -0.15) is 0 Å². The lowest BCUT2D eigenvalue weighted by Gasteiger charge is -2.28. The first-order chi connectivity index (χ1) is 19.0. The maximum atomic E-state index is 13.6. The summed E-state index contributed by atoms with van der Waals surface area (Å²) in [6.45, 7) is 7.34. The molecule has 2 aromatic heterocycles. The summed E-state index contributed by atoms with van der Waals surface area (Å²) in [6.07, 6.45) is 5.31. The number of nitrogens with zero attached hydrogens (tertiary/aromatic N) is 1. The Morgan fingerprint density at radius 1 is 0.950 bits per heavy atom. The van der Waals surface area contributed by atoms with Crippen LogP contribution in [-0.2, 0) is 32.0 Å². The maximum absolute atomic E-state index is 13.6. The molecular weight excluding hydrogens is 514 g/mol. The average molecular weight is 554 g/mol. The van der Waals surface area contributed by atoms with E-state index >= 15 is 0 Å². The molecule has 40 heavy (non-hydrogen) atoms. The minimum Gasteiger partial charge on any atom is -0.480 e. The van der Waals surface area contributed by atoms with E-state index < -0.39 is 47.9 Å². The monoisotopic (exact) mass is 553 g/mol. The van der Waals surface area contributed by atoms with Crippen molar-refractivity contribution in [3.63, 3.8) is 0 Å². The zero-order valence-electron chi connectivity index (χ0n) is 23.2. The smallest absolute Gasteiger partial charge is 0.326 e. The Morgan fingerprint density at radius 3 is 2.27 bits per heavy atom. The Labute approximate surface area is 232 Å². The van der Waals surface area contributed by atoms with Crippen molar-refractivity contribution in [2.24, 2.45) is 17.6 Å². The van der Waals surface area contributed by atoms with Crippen LogP contribution in [0, 0.1) is 11.8 Å². The van der Waals surface area contributed by atoms with E-state index in [1.165, 1.54) is 12.5 Å². The molecule has 0 saturated carbocycles. The van der Waals surface area contributed by atoms with Gasteiger partial charge in [0.2, 0.25) is 17.7 Å². The van der Waals surface area contributed by atoms with E-state index in [0.29, 0.717) is 12.1 Å². The van der Waals surface area contributed by atoms with Crippen molar-refractivity contribution >= 4 is 34.6 Å². The number of benzene rings is 1. The normalized spacial score (nSPS) is 15.2. The van der Waals surface area contributed by atoms with E-state index in [1.807, 2.05) is 52.0 Å². The molecule has 0 aliphatic carbocycles. The SMILES string of the molecule is CCC(C)C(NC(=O)C(N)C(C)C)C(=O)NC(Cc1c[nH]c2ccccc12)C(=O)NC(Cc1cnc[nH]1)C(=O)O. The van der Waals surface area contributed by atoms with Crippen LogP contribution in [0.5, 0.6) is 0 Å². The minimum absolute atomic E-state index is 0.0204. The van der Waals surface area contributed by atoms with Gasteiger partial charge >= 0.3 is 5.97 Å². The molecule has 12 heteroatoms. The Kier molecular flexibility index (Phi) is 10.4. The number of rotatable bonds is 14. The van der Waals surface area contributed by atoms with E-state index in [1.54, 1.807) is 6.20 Å². The van der Waals surface area contributed by atoms with Crippen LogP contribution in [0.25, 0.3) is 10.9 Å². The lowest BCUT2D eigenvalue weighted by atomic mass is 9.95. The van der Waals surface area contributed by atoms with Crippen molar-refractivity contribution in [1.29, 1.82) is 0 Å². The van der Waals surface area contributed by atoms with Gasteiger partial charge in [0.1, 0.15) is 18.1 Å². The lowest BCUT2D eigenvalue weighted by Crippen LogP contribution is -2.59. The standard InChI is InChI=1S/C28H39N7O5/c1-5-16(4)24(35-26(37)23(29)15(2)3)27(38)33-21(10-17-12-31-20-9-7-6-8-19(17)20)25(36)34-22(28(39)40)11-18-13-30-14-32-18/h6-9,12-16,21-24,31H,5,10-11,29H2,1-4H3,(H,30,32)(H,33,38)(H,34,36)(H,35,37)(H,39,40). The molecule has 1 aromatic carbocycles. The highest BCUT2D eigenvalue weighted by molar-refractivity contribution is 5.95. The summed E-state index contributed by atoms with van der Waals surface area (Å²) in [6, 6.07) is 3.40. The van der Waals surface area contributed by atoms with E-state index in [-0.39, 0.29) is 24.7 Å². The van der Waals surface area contributed by atoms with E-state index in [4.69, 9.17) is 5.73 Å². The molecule has 8 N–H and O–H groups in total. The molecule has 0 radical (unpaired) electrons. The molecule has 3 rings (SSSR count). The predicted molar refractivity (Wildman–Crippen MR) is 150 cm³/mol. The second-order valence-corrected chi connectivity index (χ2v) is 10.4. The summed E-state index contributed by atoms with van der Waals surface area (Å²) in [5.41, 5.74) is 8.17. The van der Waals surface area contributed by atoms with Crippen LogP contribution >= 0.6 is 0 Å². The fourth-order valence-electron chi connectivity index (χ4n) is 4.33. The van der Waals surface area contributed by atoms with Gasteiger partial charge in [0.05, 0.1) is 12.4 Å². The highest BCUT2D eigenvalue weighted by Crippen LogP contribution is 2.20. The average Bonchev–Trinajstić information content (AvgIpc) is 3.59. The van der Waals surface area contributed by atoms with Gasteiger partial charge in [-0.3, -0.25) is 14.4 Å². The highest BCUT2D eigenvalue weighted by atomic mass is 16.4. The molecule has 12 nitrogen and oxygen atoms in total. The van der Waals surface area contributed by atoms with E-state index in [0.717, 1.165) is 16.5 Å². The van der Waals surface area contributed by atoms with Crippen LogP contribution in [0.4, 0.5) is 0 Å². The van der Waals surface area contributed by atoms with Gasteiger partial charge in [0, 0.05) is 41.8 Å². The third kappa shape index (κ3) is 7.69. The lowest BCUT2D eigenvalue weighted by molar-refractivity contribution is -0.142. The molecule has 3 amide bonds. The third-order valence-corrected chi connectivity index (χ3v) is 7.14. The number of nitrogens with two attached hydrogens (primary N) is 1. The predicted octanol–water partition coefficient (Wildman–Crippen LogP) is 1.24. The van der Waals surface area contributed by atoms with Crippen LogP contribution in [0.1, 0.15) is 45.4 Å². The van der Waals surface area contributed by atoms with Gasteiger partial charge in [-0.25, -0.2) is 9.78 Å². The number of carboxylic acids is 1. The van der Waals surface area contributed by atoms with Gasteiger partial charge in [-0.1, -0.05) is 52.3 Å². The van der Waals surface area contributed by atoms with Crippen molar-refractivity contribution in [3.05, 3.63) is 54.2 Å². The zero-order chi connectivity index (χ0) is 29.4. The number of aromatic nitrogens is 3. The van der Waals surface area contributed by atoms with E-state index in [9.17, 15) is 24.3 Å². The molecule has 0 aliphatic rings. The number of carboxylic acid groups (broad SMARTS) is 1. The number of fused-ring (bicyclic) bond motifs is 1. The summed E-state index contributed by atoms with van der Waals surface area (Å²) >= 11 is 0. The number of hydrogen-bond acceptors (Lipinski definition) is 6. The first-order valence-corrected chi connectivity index (χ1v) is 13.4. The minimum atomic E-state index is -1.26. The van der Waals surface area contributed by atoms with Crippen LogP contribution < -0.4 is 21.7 Å². The van der Waals surface area contributed by atoms with Crippen LogP contribution in [0.3, 0.4) is 0 Å². The molecule has 0 spiro atoms. The summed E-state index contributed by atoms with van der Waals surface area (Å²) in [7, 11) is 0. The Bertz CT molecular complexity index is 1300. The molecule has 3 aromatic rings. The summed E-state index contributed by atoms with van der Waals surface area (Å²) < 4.78 is 0. The van der Waals surface area contributed by atoms with Crippen molar-refractivity contribution in [1.82, 2.24) is 30.9 Å². The fraction of sp³-hybridized carbons (Fsp3) is 0.464. The van der Waals surface area contributed by atoms with Gasteiger partial charge in [0.25, 0.3) is 0 Å². The molecule has 0 fully saturated rings. The molecule has 5 atom stereocenters.